The summed E-state index contributed by atoms with van der Waals surface area (Å²) >= 11 is 0. The average Bonchev–Trinajstić information content (AvgIpc) is 2.32. The second-order valence-electron chi connectivity index (χ2n) is 7.02. The smallest absolute Gasteiger partial charge is 0.309 e. The van der Waals surface area contributed by atoms with Gasteiger partial charge in [0.15, 0.2) is 0 Å². The highest BCUT2D eigenvalue weighted by molar-refractivity contribution is 5.74. The highest BCUT2D eigenvalue weighted by Gasteiger charge is 2.29. The van der Waals surface area contributed by atoms with E-state index in [0.29, 0.717) is 12.3 Å². The number of rotatable bonds is 6. The van der Waals surface area contributed by atoms with Crippen molar-refractivity contribution in [3.8, 4) is 5.75 Å². The number of benzene rings is 1. The van der Waals surface area contributed by atoms with E-state index in [-0.39, 0.29) is 0 Å². The predicted molar refractivity (Wildman–Crippen MR) is 83.9 cm³/mol. The molecule has 1 aliphatic carbocycles. The number of ether oxygens (including phenoxy) is 1. The zero-order valence-electron chi connectivity index (χ0n) is 13.5. The molecule has 1 aromatic carbocycles. The van der Waals surface area contributed by atoms with Gasteiger partial charge in [-0.25, -0.2) is 0 Å². The number of carboxylic acid groups (broad SMARTS) is 1. The number of hydrogen-bond donors (Lipinski definition) is 1. The molecule has 0 spiro atoms. The molecular weight excluding hydrogens is 264 g/mol. The van der Waals surface area contributed by atoms with Crippen molar-refractivity contribution in [1.29, 1.82) is 0 Å². The molecule has 3 nitrogen and oxygen atoms in total. The third-order valence-corrected chi connectivity index (χ3v) is 4.59. The first-order valence-electron chi connectivity index (χ1n) is 7.76. The maximum Gasteiger partial charge on any atom is 0.309 e. The molecule has 0 radical (unpaired) electrons. The minimum absolute atomic E-state index is 0.490. The van der Waals surface area contributed by atoms with Gasteiger partial charge in [0.1, 0.15) is 5.75 Å². The topological polar surface area (TPSA) is 46.5 Å². The van der Waals surface area contributed by atoms with Gasteiger partial charge < -0.3 is 9.84 Å². The van der Waals surface area contributed by atoms with E-state index in [0.717, 1.165) is 17.9 Å². The molecule has 116 valence electrons. The van der Waals surface area contributed by atoms with Crippen LogP contribution in [0.25, 0.3) is 0 Å². The molecular formula is C18H26O3. The van der Waals surface area contributed by atoms with Crippen LogP contribution in [0.2, 0.25) is 0 Å². The molecule has 2 rings (SSSR count). The highest BCUT2D eigenvalue weighted by Crippen LogP contribution is 2.32. The predicted octanol–water partition coefficient (Wildman–Crippen LogP) is 4.14. The van der Waals surface area contributed by atoms with Gasteiger partial charge in [-0.1, -0.05) is 12.5 Å². The summed E-state index contributed by atoms with van der Waals surface area (Å²) in [5.74, 6) is 0.761. The van der Waals surface area contributed by atoms with E-state index < -0.39 is 11.4 Å². The van der Waals surface area contributed by atoms with Gasteiger partial charge in [-0.05, 0) is 75.6 Å². The van der Waals surface area contributed by atoms with E-state index in [4.69, 9.17) is 4.74 Å². The maximum atomic E-state index is 11.4. The Labute approximate surface area is 127 Å². The lowest BCUT2D eigenvalue weighted by molar-refractivity contribution is -0.146. The van der Waals surface area contributed by atoms with Crippen molar-refractivity contribution in [2.45, 2.75) is 53.4 Å². The van der Waals surface area contributed by atoms with E-state index in [1.807, 2.05) is 0 Å². The minimum atomic E-state index is -0.781. The summed E-state index contributed by atoms with van der Waals surface area (Å²) in [6.45, 7) is 8.41. The largest absolute Gasteiger partial charge is 0.493 e. The third-order valence-electron chi connectivity index (χ3n) is 4.59. The van der Waals surface area contributed by atoms with Crippen LogP contribution in [-0.2, 0) is 11.2 Å². The number of aryl methyl sites for hydroxylation is 2. The lowest BCUT2D eigenvalue weighted by Crippen LogP contribution is -2.27. The number of aliphatic carboxylic acids is 1. The van der Waals surface area contributed by atoms with Crippen LogP contribution in [-0.4, -0.2) is 17.7 Å². The molecule has 0 aromatic heterocycles. The summed E-state index contributed by atoms with van der Waals surface area (Å²) in [4.78, 5) is 11.4. The van der Waals surface area contributed by atoms with E-state index in [9.17, 15) is 9.90 Å². The molecule has 0 atom stereocenters. The van der Waals surface area contributed by atoms with Gasteiger partial charge in [0.25, 0.3) is 0 Å². The SMILES string of the molecule is Cc1cc(CC(C)(C)C(=O)O)c(OCC2CCC2)cc1C. The molecule has 0 aliphatic heterocycles. The molecule has 21 heavy (non-hydrogen) atoms. The zero-order chi connectivity index (χ0) is 15.6. The van der Waals surface area contributed by atoms with Crippen LogP contribution in [0.5, 0.6) is 5.75 Å². The molecule has 0 unspecified atom stereocenters. The monoisotopic (exact) mass is 290 g/mol. The van der Waals surface area contributed by atoms with Crippen LogP contribution in [0.15, 0.2) is 12.1 Å². The van der Waals surface area contributed by atoms with Crippen LogP contribution in [0, 0.1) is 25.2 Å². The Morgan fingerprint density at radius 3 is 2.43 bits per heavy atom. The molecule has 0 amide bonds. The second kappa shape index (κ2) is 6.08. The molecule has 1 N–H and O–H groups in total. The summed E-state index contributed by atoms with van der Waals surface area (Å²) in [7, 11) is 0. The molecule has 1 aromatic rings. The fourth-order valence-electron chi connectivity index (χ4n) is 2.54. The first kappa shape index (κ1) is 15.9. The van der Waals surface area contributed by atoms with E-state index in [1.54, 1.807) is 13.8 Å². The summed E-state index contributed by atoms with van der Waals surface area (Å²) < 4.78 is 6.01. The Hall–Kier alpha value is -1.51. The van der Waals surface area contributed by atoms with Gasteiger partial charge in [0, 0.05) is 0 Å². The third kappa shape index (κ3) is 3.78. The van der Waals surface area contributed by atoms with Gasteiger partial charge in [0.05, 0.1) is 12.0 Å². The Kier molecular flexibility index (Phi) is 4.60. The minimum Gasteiger partial charge on any atom is -0.493 e. The zero-order valence-corrected chi connectivity index (χ0v) is 13.5. The van der Waals surface area contributed by atoms with Crippen molar-refractivity contribution >= 4 is 5.97 Å². The van der Waals surface area contributed by atoms with Crippen molar-refractivity contribution in [1.82, 2.24) is 0 Å². The first-order chi connectivity index (χ1) is 9.79. The Bertz CT molecular complexity index is 528. The van der Waals surface area contributed by atoms with Crippen LogP contribution in [0.4, 0.5) is 0 Å². The van der Waals surface area contributed by atoms with Gasteiger partial charge in [-0.15, -0.1) is 0 Å². The van der Waals surface area contributed by atoms with Crippen molar-refractivity contribution in [2.24, 2.45) is 11.3 Å². The summed E-state index contributed by atoms with van der Waals surface area (Å²) in [6.07, 6.45) is 4.30. The van der Waals surface area contributed by atoms with Gasteiger partial charge in [-0.3, -0.25) is 4.79 Å². The molecule has 1 aliphatic rings. The fourth-order valence-corrected chi connectivity index (χ4v) is 2.54. The number of carboxylic acids is 1. The van der Waals surface area contributed by atoms with E-state index in [1.165, 1.54) is 30.4 Å². The van der Waals surface area contributed by atoms with Crippen molar-refractivity contribution in [3.05, 3.63) is 28.8 Å². The average molecular weight is 290 g/mol. The van der Waals surface area contributed by atoms with Gasteiger partial charge in [-0.2, -0.15) is 0 Å². The quantitative estimate of drug-likeness (QED) is 0.856. The van der Waals surface area contributed by atoms with Crippen LogP contribution >= 0.6 is 0 Å². The summed E-state index contributed by atoms with van der Waals surface area (Å²) in [5, 5.41) is 9.34. The van der Waals surface area contributed by atoms with Gasteiger partial charge in [0.2, 0.25) is 0 Å². The van der Waals surface area contributed by atoms with Crippen LogP contribution in [0.3, 0.4) is 0 Å². The van der Waals surface area contributed by atoms with Crippen molar-refractivity contribution in [3.63, 3.8) is 0 Å². The number of carbonyl (C=O) groups is 1. The van der Waals surface area contributed by atoms with Crippen molar-refractivity contribution in [2.75, 3.05) is 6.61 Å². The standard InChI is InChI=1S/C18H26O3/c1-12-8-15(10-18(3,4)17(19)20)16(9-13(12)2)21-11-14-6-5-7-14/h8-9,14H,5-7,10-11H2,1-4H3,(H,19,20). The molecule has 1 fully saturated rings. The second-order valence-corrected chi connectivity index (χ2v) is 7.02. The van der Waals surface area contributed by atoms with Crippen molar-refractivity contribution < 1.29 is 14.6 Å². The molecule has 0 saturated heterocycles. The molecule has 3 heteroatoms. The summed E-state index contributed by atoms with van der Waals surface area (Å²) in [5.41, 5.74) is 2.60. The Balaban J connectivity index is 2.20. The van der Waals surface area contributed by atoms with Crippen LogP contribution in [0.1, 0.15) is 49.8 Å². The lowest BCUT2D eigenvalue weighted by Gasteiger charge is -2.27. The Morgan fingerprint density at radius 1 is 1.29 bits per heavy atom. The lowest BCUT2D eigenvalue weighted by atomic mass is 9.84. The van der Waals surface area contributed by atoms with Crippen LogP contribution < -0.4 is 4.74 Å². The van der Waals surface area contributed by atoms with E-state index >= 15 is 0 Å². The molecule has 1 saturated carbocycles. The van der Waals surface area contributed by atoms with E-state index in [2.05, 4.69) is 26.0 Å². The summed E-state index contributed by atoms with van der Waals surface area (Å²) in [6, 6.07) is 4.14. The number of hydrogen-bond acceptors (Lipinski definition) is 2. The maximum absolute atomic E-state index is 11.4. The first-order valence-corrected chi connectivity index (χ1v) is 7.76. The highest BCUT2D eigenvalue weighted by atomic mass is 16.5. The Morgan fingerprint density at radius 2 is 1.90 bits per heavy atom. The molecule has 0 heterocycles. The normalized spacial score (nSPS) is 15.6. The fraction of sp³-hybridized carbons (Fsp3) is 0.611. The van der Waals surface area contributed by atoms with Gasteiger partial charge >= 0.3 is 5.97 Å². The molecule has 0 bridgehead atoms.